The largest absolute Gasteiger partial charge is 0.462 e. The van der Waals surface area contributed by atoms with Crippen LogP contribution in [0.5, 0.6) is 0 Å². The third-order valence-corrected chi connectivity index (χ3v) is 3.26. The average Bonchev–Trinajstić information content (AvgIpc) is 2.73. The van der Waals surface area contributed by atoms with Crippen LogP contribution in [0.1, 0.15) is 19.6 Å². The molecule has 0 saturated carbocycles. The highest BCUT2D eigenvalue weighted by atomic mass is 16.6. The lowest BCUT2D eigenvalue weighted by molar-refractivity contribution is -0.151. The fourth-order valence-corrected chi connectivity index (χ4v) is 2.15. The second-order valence-electron chi connectivity index (χ2n) is 5.15. The van der Waals surface area contributed by atoms with E-state index in [0.717, 1.165) is 4.57 Å². The van der Waals surface area contributed by atoms with Gasteiger partial charge >= 0.3 is 11.7 Å². The number of nitrogens with zero attached hydrogens (tertiary/aromatic N) is 2. The zero-order valence-electron chi connectivity index (χ0n) is 12.3. The first-order valence-electron chi connectivity index (χ1n) is 6.81. The van der Waals surface area contributed by atoms with Crippen LogP contribution in [0.2, 0.25) is 0 Å². The molecule has 23 heavy (non-hydrogen) atoms. The van der Waals surface area contributed by atoms with Crippen LogP contribution in [0.4, 0.5) is 5.82 Å². The summed E-state index contributed by atoms with van der Waals surface area (Å²) in [5.41, 5.74) is 4.62. The molecule has 2 heterocycles. The molecule has 0 bridgehead atoms. The number of anilines is 1. The van der Waals surface area contributed by atoms with E-state index in [4.69, 9.17) is 15.2 Å². The van der Waals surface area contributed by atoms with Crippen LogP contribution in [0.3, 0.4) is 0 Å². The van der Waals surface area contributed by atoms with Crippen LogP contribution in [0.25, 0.3) is 0 Å². The topological polar surface area (TPSA) is 154 Å². The van der Waals surface area contributed by atoms with Gasteiger partial charge in [-0.25, -0.2) is 4.79 Å². The second-order valence-corrected chi connectivity index (χ2v) is 5.15. The fourth-order valence-electron chi connectivity index (χ4n) is 2.15. The van der Waals surface area contributed by atoms with Gasteiger partial charge in [0.2, 0.25) is 0 Å². The highest BCUT2D eigenvalue weighted by Crippen LogP contribution is 2.28. The maximum atomic E-state index is 11.7. The number of aromatic nitrogens is 2. The minimum Gasteiger partial charge on any atom is -0.462 e. The molecule has 0 amide bonds. The number of aliphatic hydroxyl groups excluding tert-OH is 2. The second kappa shape index (κ2) is 6.86. The summed E-state index contributed by atoms with van der Waals surface area (Å²) < 4.78 is 11.2. The van der Waals surface area contributed by atoms with Crippen LogP contribution >= 0.6 is 0 Å². The van der Waals surface area contributed by atoms with Gasteiger partial charge in [-0.1, -0.05) is 0 Å². The monoisotopic (exact) mass is 327 g/mol. The summed E-state index contributed by atoms with van der Waals surface area (Å²) in [5, 5.41) is 19.9. The average molecular weight is 327 g/mol. The minimum absolute atomic E-state index is 0.00833. The van der Waals surface area contributed by atoms with Crippen LogP contribution < -0.4 is 11.4 Å². The number of esters is 1. The normalized spacial score (nSPS) is 26.9. The van der Waals surface area contributed by atoms with Crippen LogP contribution in [0, 0.1) is 0 Å². The molecule has 2 rings (SSSR count). The van der Waals surface area contributed by atoms with Gasteiger partial charge in [0.25, 0.3) is 0 Å². The fraction of sp³-hybridized carbons (Fsp3) is 0.538. The molecule has 4 atom stereocenters. The molecular weight excluding hydrogens is 310 g/mol. The highest BCUT2D eigenvalue weighted by molar-refractivity contribution is 5.94. The highest BCUT2D eigenvalue weighted by Gasteiger charge is 2.44. The zero-order valence-corrected chi connectivity index (χ0v) is 12.3. The summed E-state index contributed by atoms with van der Waals surface area (Å²) in [6.45, 7) is 0.875. The number of carbonyl (C=O) groups is 2. The number of ether oxygens (including phenoxy) is 2. The van der Waals surface area contributed by atoms with Crippen molar-refractivity contribution in [1.82, 2.24) is 9.55 Å². The number of carbonyl (C=O) groups excluding carboxylic acids is 2. The Morgan fingerprint density at radius 2 is 2.13 bits per heavy atom. The Morgan fingerprint density at radius 3 is 2.74 bits per heavy atom. The third-order valence-electron chi connectivity index (χ3n) is 3.26. The van der Waals surface area contributed by atoms with E-state index in [9.17, 15) is 24.6 Å². The molecule has 1 aromatic heterocycles. The van der Waals surface area contributed by atoms with E-state index in [2.05, 4.69) is 4.98 Å². The SMILES string of the molecule is CC(=O)CC(=O)OC[C@H]1O[C@@H](n2ccc(N)nc2=O)[C@H](O)[C@@H]1O. The van der Waals surface area contributed by atoms with Crippen molar-refractivity contribution in [2.75, 3.05) is 12.3 Å². The lowest BCUT2D eigenvalue weighted by atomic mass is 10.1. The molecule has 0 aromatic carbocycles. The van der Waals surface area contributed by atoms with Gasteiger partial charge in [0.15, 0.2) is 6.23 Å². The van der Waals surface area contributed by atoms with Crippen molar-refractivity contribution in [3.05, 3.63) is 22.7 Å². The minimum atomic E-state index is -1.42. The summed E-state index contributed by atoms with van der Waals surface area (Å²) in [6, 6.07) is 1.34. The predicted octanol–water partition coefficient (Wildman–Crippen LogP) is -2.03. The molecule has 0 aliphatic carbocycles. The number of aliphatic hydroxyl groups is 2. The Bertz CT molecular complexity index is 659. The summed E-state index contributed by atoms with van der Waals surface area (Å²) in [6.07, 6.45) is -4.16. The molecular formula is C13H17N3O7. The van der Waals surface area contributed by atoms with Crippen molar-refractivity contribution in [3.63, 3.8) is 0 Å². The third kappa shape index (κ3) is 3.92. The van der Waals surface area contributed by atoms with Crippen molar-refractivity contribution in [1.29, 1.82) is 0 Å². The van der Waals surface area contributed by atoms with E-state index in [1.54, 1.807) is 0 Å². The first kappa shape index (κ1) is 17.1. The zero-order chi connectivity index (χ0) is 17.1. The van der Waals surface area contributed by atoms with Crippen molar-refractivity contribution in [2.24, 2.45) is 0 Å². The van der Waals surface area contributed by atoms with Crippen molar-refractivity contribution >= 4 is 17.6 Å². The molecule has 1 saturated heterocycles. The number of nitrogen functional groups attached to an aromatic ring is 1. The lowest BCUT2D eigenvalue weighted by Crippen LogP contribution is -2.36. The van der Waals surface area contributed by atoms with Gasteiger partial charge in [-0.15, -0.1) is 0 Å². The quantitative estimate of drug-likeness (QED) is 0.410. The van der Waals surface area contributed by atoms with E-state index >= 15 is 0 Å². The number of ketones is 1. The van der Waals surface area contributed by atoms with Crippen LogP contribution in [-0.2, 0) is 19.1 Å². The molecule has 0 radical (unpaired) electrons. The molecule has 10 heteroatoms. The Hall–Kier alpha value is -2.30. The first-order chi connectivity index (χ1) is 10.8. The molecule has 1 aliphatic heterocycles. The van der Waals surface area contributed by atoms with Gasteiger partial charge < -0.3 is 25.4 Å². The molecule has 0 spiro atoms. The van der Waals surface area contributed by atoms with E-state index in [-0.39, 0.29) is 18.2 Å². The summed E-state index contributed by atoms with van der Waals surface area (Å²) in [4.78, 5) is 37.4. The van der Waals surface area contributed by atoms with Crippen molar-refractivity contribution in [3.8, 4) is 0 Å². The molecule has 126 valence electrons. The van der Waals surface area contributed by atoms with E-state index in [0.29, 0.717) is 0 Å². The molecule has 1 aliphatic rings. The standard InChI is InChI=1S/C13H17N3O7/c1-6(17)4-9(18)22-5-7-10(19)11(20)12(23-7)16-3-2-8(14)15-13(16)21/h2-3,7,10-12,19-20H,4-5H2,1H3,(H2,14,15,21)/t7-,10-,11-,12-/m1/s1. The molecule has 0 unspecified atom stereocenters. The van der Waals surface area contributed by atoms with Gasteiger partial charge in [0.1, 0.15) is 42.9 Å². The number of Topliss-reactive ketones (excluding diaryl/α,β-unsaturated/α-hetero) is 1. The summed E-state index contributed by atoms with van der Waals surface area (Å²) in [7, 11) is 0. The summed E-state index contributed by atoms with van der Waals surface area (Å²) in [5.74, 6) is -1.12. The molecule has 10 nitrogen and oxygen atoms in total. The Kier molecular flexibility index (Phi) is 5.08. The number of hydrogen-bond donors (Lipinski definition) is 3. The first-order valence-corrected chi connectivity index (χ1v) is 6.81. The van der Waals surface area contributed by atoms with E-state index in [1.165, 1.54) is 19.2 Å². The van der Waals surface area contributed by atoms with Gasteiger partial charge in [-0.05, 0) is 13.0 Å². The molecule has 1 fully saturated rings. The van der Waals surface area contributed by atoms with Gasteiger partial charge in [0.05, 0.1) is 0 Å². The van der Waals surface area contributed by atoms with Crippen molar-refractivity contribution < 1.29 is 29.3 Å². The molecule has 4 N–H and O–H groups in total. The predicted molar refractivity (Wildman–Crippen MR) is 75.1 cm³/mol. The van der Waals surface area contributed by atoms with Crippen LogP contribution in [0.15, 0.2) is 17.1 Å². The Balaban J connectivity index is 2.04. The number of nitrogens with two attached hydrogens (primary N) is 1. The maximum absolute atomic E-state index is 11.7. The van der Waals surface area contributed by atoms with E-state index in [1.807, 2.05) is 0 Å². The lowest BCUT2D eigenvalue weighted by Gasteiger charge is -2.16. The number of rotatable bonds is 5. The Labute approximate surface area is 130 Å². The van der Waals surface area contributed by atoms with Gasteiger partial charge in [-0.2, -0.15) is 4.98 Å². The number of hydrogen-bond acceptors (Lipinski definition) is 9. The van der Waals surface area contributed by atoms with E-state index < -0.39 is 42.6 Å². The van der Waals surface area contributed by atoms with Gasteiger partial charge in [-0.3, -0.25) is 14.2 Å². The maximum Gasteiger partial charge on any atom is 0.351 e. The molecule has 1 aromatic rings. The Morgan fingerprint density at radius 1 is 1.43 bits per heavy atom. The van der Waals surface area contributed by atoms with Crippen LogP contribution in [-0.4, -0.2) is 56.4 Å². The van der Waals surface area contributed by atoms with Gasteiger partial charge in [0, 0.05) is 6.20 Å². The van der Waals surface area contributed by atoms with Crippen molar-refractivity contribution in [2.45, 2.75) is 37.9 Å². The summed E-state index contributed by atoms with van der Waals surface area (Å²) >= 11 is 0. The smallest absolute Gasteiger partial charge is 0.351 e.